The topological polar surface area (TPSA) is 51.3 Å². The fourth-order valence-corrected chi connectivity index (χ4v) is 3.60. The van der Waals surface area contributed by atoms with Crippen LogP contribution in [0.2, 0.25) is 0 Å². The van der Waals surface area contributed by atoms with Gasteiger partial charge in [-0.05, 0) is 17.7 Å². The van der Waals surface area contributed by atoms with Crippen LogP contribution in [0.1, 0.15) is 11.3 Å². The zero-order chi connectivity index (χ0) is 17.8. The lowest BCUT2D eigenvalue weighted by molar-refractivity contribution is 1.35. The molecule has 0 aliphatic rings. The van der Waals surface area contributed by atoms with Gasteiger partial charge in [-0.3, -0.25) is 0 Å². The van der Waals surface area contributed by atoms with E-state index in [2.05, 4.69) is 17.1 Å². The van der Waals surface area contributed by atoms with Gasteiger partial charge in [0.15, 0.2) is 5.13 Å². The molecule has 0 atom stereocenters. The molecule has 0 spiro atoms. The molecule has 0 unspecified atom stereocenters. The smallest absolute Gasteiger partial charge is 0.181 e. The zero-order valence-corrected chi connectivity index (χ0v) is 14.9. The summed E-state index contributed by atoms with van der Waals surface area (Å²) >= 11 is 1.49. The third-order valence-corrected chi connectivity index (χ3v) is 4.88. The van der Waals surface area contributed by atoms with Gasteiger partial charge in [-0.2, -0.15) is 0 Å². The predicted octanol–water partition coefficient (Wildman–Crippen LogP) is 5.56. The van der Waals surface area contributed by atoms with Crippen LogP contribution >= 0.6 is 11.3 Å². The highest BCUT2D eigenvalue weighted by atomic mass is 32.1. The second kappa shape index (κ2) is 7.33. The van der Waals surface area contributed by atoms with Crippen molar-refractivity contribution < 1.29 is 0 Å². The number of nitrogen functional groups attached to an aromatic ring is 1. The van der Waals surface area contributed by atoms with Gasteiger partial charge in [0.25, 0.3) is 0 Å². The van der Waals surface area contributed by atoms with Crippen LogP contribution in [0, 0.1) is 0 Å². The van der Waals surface area contributed by atoms with E-state index in [0.717, 1.165) is 33.1 Å². The minimum absolute atomic E-state index is 0.538. The van der Waals surface area contributed by atoms with Crippen LogP contribution in [0.5, 0.6) is 0 Å². The van der Waals surface area contributed by atoms with E-state index in [9.17, 15) is 0 Å². The van der Waals surface area contributed by atoms with Crippen LogP contribution in [0.15, 0.2) is 96.0 Å². The van der Waals surface area contributed by atoms with Gasteiger partial charge in [-0.15, -0.1) is 0 Å². The van der Waals surface area contributed by atoms with E-state index in [-0.39, 0.29) is 0 Å². The van der Waals surface area contributed by atoms with Crippen molar-refractivity contribution in [3.05, 3.63) is 102 Å². The Labute approximate surface area is 156 Å². The molecule has 126 valence electrons. The highest BCUT2D eigenvalue weighted by molar-refractivity contribution is 7.19. The maximum absolute atomic E-state index is 6.08. The Bertz CT molecular complexity index is 1020. The molecule has 0 radical (unpaired) electrons. The number of anilines is 1. The Morgan fingerprint density at radius 2 is 1.35 bits per heavy atom. The summed E-state index contributed by atoms with van der Waals surface area (Å²) in [6.45, 7) is 0. The predicted molar refractivity (Wildman–Crippen MR) is 110 cm³/mol. The summed E-state index contributed by atoms with van der Waals surface area (Å²) in [6.07, 6.45) is 0. The minimum atomic E-state index is 0.538. The molecular weight excluding hydrogens is 338 g/mol. The number of rotatable bonds is 4. The van der Waals surface area contributed by atoms with Crippen molar-refractivity contribution in [2.75, 3.05) is 5.73 Å². The summed E-state index contributed by atoms with van der Waals surface area (Å²) in [6, 6.07) is 30.2. The Hall–Kier alpha value is -3.24. The molecule has 0 saturated carbocycles. The van der Waals surface area contributed by atoms with Crippen LogP contribution in [-0.2, 0) is 0 Å². The number of benzene rings is 3. The zero-order valence-electron chi connectivity index (χ0n) is 14.0. The molecule has 26 heavy (non-hydrogen) atoms. The summed E-state index contributed by atoms with van der Waals surface area (Å²) in [7, 11) is 0. The first kappa shape index (κ1) is 16.2. The molecule has 4 heteroatoms. The molecule has 3 nitrogen and oxygen atoms in total. The van der Waals surface area contributed by atoms with Gasteiger partial charge in [0.2, 0.25) is 0 Å². The SMILES string of the molecule is Nc1nc(C(=Nc2ccccc2)c2ccccc2)c(-c2ccccc2)s1. The Morgan fingerprint density at radius 1 is 0.769 bits per heavy atom. The van der Waals surface area contributed by atoms with Crippen molar-refractivity contribution >= 4 is 27.9 Å². The van der Waals surface area contributed by atoms with E-state index in [1.807, 2.05) is 78.9 Å². The molecule has 1 aromatic heterocycles. The molecule has 3 aromatic carbocycles. The molecule has 0 saturated heterocycles. The highest BCUT2D eigenvalue weighted by Crippen LogP contribution is 2.34. The third-order valence-electron chi connectivity index (χ3n) is 3.95. The lowest BCUT2D eigenvalue weighted by atomic mass is 10.0. The van der Waals surface area contributed by atoms with Crippen molar-refractivity contribution in [3.63, 3.8) is 0 Å². The first-order valence-corrected chi connectivity index (χ1v) is 9.14. The molecular formula is C22H17N3S. The second-order valence-electron chi connectivity index (χ2n) is 5.76. The molecule has 0 fully saturated rings. The van der Waals surface area contributed by atoms with Gasteiger partial charge in [0.1, 0.15) is 5.69 Å². The van der Waals surface area contributed by atoms with Crippen molar-refractivity contribution in [1.82, 2.24) is 4.98 Å². The molecule has 2 N–H and O–H groups in total. The number of aliphatic imine (C=N–C) groups is 1. The van der Waals surface area contributed by atoms with Gasteiger partial charge < -0.3 is 5.73 Å². The third kappa shape index (κ3) is 3.41. The van der Waals surface area contributed by atoms with Crippen LogP contribution < -0.4 is 5.73 Å². The Kier molecular flexibility index (Phi) is 4.58. The van der Waals surface area contributed by atoms with E-state index < -0.39 is 0 Å². The van der Waals surface area contributed by atoms with E-state index in [1.165, 1.54) is 11.3 Å². The maximum Gasteiger partial charge on any atom is 0.181 e. The van der Waals surface area contributed by atoms with Crippen molar-refractivity contribution in [3.8, 4) is 10.4 Å². The number of nitrogens with zero attached hydrogens (tertiary/aromatic N) is 2. The van der Waals surface area contributed by atoms with Crippen LogP contribution in [0.25, 0.3) is 10.4 Å². The lowest BCUT2D eigenvalue weighted by Crippen LogP contribution is -2.05. The lowest BCUT2D eigenvalue weighted by Gasteiger charge is -2.08. The van der Waals surface area contributed by atoms with Gasteiger partial charge in [0.05, 0.1) is 16.3 Å². The Balaban J connectivity index is 1.93. The van der Waals surface area contributed by atoms with Crippen molar-refractivity contribution in [1.29, 1.82) is 0 Å². The van der Waals surface area contributed by atoms with Crippen LogP contribution in [0.3, 0.4) is 0 Å². The molecule has 4 aromatic rings. The molecule has 0 aliphatic heterocycles. The maximum atomic E-state index is 6.08. The minimum Gasteiger partial charge on any atom is -0.375 e. The van der Waals surface area contributed by atoms with Gasteiger partial charge in [-0.25, -0.2) is 9.98 Å². The number of aromatic nitrogens is 1. The first-order valence-electron chi connectivity index (χ1n) is 8.32. The number of nitrogens with two attached hydrogens (primary N) is 1. The highest BCUT2D eigenvalue weighted by Gasteiger charge is 2.18. The molecule has 0 amide bonds. The summed E-state index contributed by atoms with van der Waals surface area (Å²) in [5, 5.41) is 0.538. The first-order chi connectivity index (χ1) is 12.8. The van der Waals surface area contributed by atoms with E-state index in [4.69, 9.17) is 10.7 Å². The number of thiazole rings is 1. The fraction of sp³-hybridized carbons (Fsp3) is 0. The van der Waals surface area contributed by atoms with Gasteiger partial charge in [0, 0.05) is 5.56 Å². The summed E-state index contributed by atoms with van der Waals surface area (Å²) in [5.41, 5.74) is 10.7. The summed E-state index contributed by atoms with van der Waals surface area (Å²) in [5.74, 6) is 0. The fourth-order valence-electron chi connectivity index (χ4n) is 2.76. The van der Waals surface area contributed by atoms with Gasteiger partial charge in [-0.1, -0.05) is 90.2 Å². The molecule has 0 aliphatic carbocycles. The number of para-hydroxylation sites is 1. The van der Waals surface area contributed by atoms with Crippen molar-refractivity contribution in [2.24, 2.45) is 4.99 Å². The average molecular weight is 355 g/mol. The molecule has 0 bridgehead atoms. The molecule has 4 rings (SSSR count). The van der Waals surface area contributed by atoms with Crippen LogP contribution in [-0.4, -0.2) is 10.7 Å². The summed E-state index contributed by atoms with van der Waals surface area (Å²) < 4.78 is 0. The second-order valence-corrected chi connectivity index (χ2v) is 6.79. The van der Waals surface area contributed by atoms with Crippen molar-refractivity contribution in [2.45, 2.75) is 0 Å². The Morgan fingerprint density at radius 3 is 2.00 bits per heavy atom. The standard InChI is InChI=1S/C22H17N3S/c23-22-25-20(21(26-22)17-12-6-2-7-13-17)19(16-10-4-1-5-11-16)24-18-14-8-3-9-15-18/h1-15H,(H2,23,25). The normalized spacial score (nSPS) is 11.5. The van der Waals surface area contributed by atoms with E-state index >= 15 is 0 Å². The monoisotopic (exact) mass is 355 g/mol. The molecule has 1 heterocycles. The van der Waals surface area contributed by atoms with E-state index in [1.54, 1.807) is 0 Å². The number of hydrogen-bond donors (Lipinski definition) is 1. The van der Waals surface area contributed by atoms with E-state index in [0.29, 0.717) is 5.13 Å². The summed E-state index contributed by atoms with van der Waals surface area (Å²) in [4.78, 5) is 10.6. The largest absolute Gasteiger partial charge is 0.375 e. The van der Waals surface area contributed by atoms with Gasteiger partial charge >= 0.3 is 0 Å². The number of hydrogen-bond acceptors (Lipinski definition) is 4. The van der Waals surface area contributed by atoms with Crippen LogP contribution in [0.4, 0.5) is 10.8 Å². The quantitative estimate of drug-likeness (QED) is 0.487. The average Bonchev–Trinajstić information content (AvgIpc) is 3.10.